The second kappa shape index (κ2) is 6.53. The third-order valence-corrected chi connectivity index (χ3v) is 4.52. The minimum atomic E-state index is -2.85. The van der Waals surface area contributed by atoms with Gasteiger partial charge < -0.3 is 5.32 Å². The summed E-state index contributed by atoms with van der Waals surface area (Å²) in [6, 6.07) is 4.68. The van der Waals surface area contributed by atoms with Crippen molar-refractivity contribution in [3.63, 3.8) is 0 Å². The molecule has 1 N–H and O–H groups in total. The van der Waals surface area contributed by atoms with E-state index in [-0.39, 0.29) is 11.8 Å². The molecule has 0 saturated carbocycles. The number of aryl methyl sites for hydroxylation is 3. The van der Waals surface area contributed by atoms with Crippen molar-refractivity contribution in [2.24, 2.45) is 0 Å². The van der Waals surface area contributed by atoms with Gasteiger partial charge in [-0.25, -0.2) is 8.42 Å². The average molecular weight is 283 g/mol. The van der Waals surface area contributed by atoms with E-state index in [0.29, 0.717) is 6.42 Å². The van der Waals surface area contributed by atoms with Crippen molar-refractivity contribution in [3.8, 4) is 0 Å². The molecule has 1 aromatic carbocycles. The van der Waals surface area contributed by atoms with Crippen LogP contribution in [-0.2, 0) is 9.84 Å². The van der Waals surface area contributed by atoms with E-state index in [1.54, 1.807) is 0 Å². The van der Waals surface area contributed by atoms with E-state index in [1.165, 1.54) is 28.5 Å². The fraction of sp³-hybridized carbons (Fsp3) is 0.600. The van der Waals surface area contributed by atoms with Gasteiger partial charge in [0.15, 0.2) is 0 Å². The Balaban J connectivity index is 2.59. The van der Waals surface area contributed by atoms with Crippen molar-refractivity contribution >= 4 is 9.84 Å². The zero-order valence-corrected chi connectivity index (χ0v) is 13.4. The molecule has 0 aliphatic rings. The first kappa shape index (κ1) is 16.2. The molecule has 0 fully saturated rings. The van der Waals surface area contributed by atoms with Gasteiger partial charge in [0.2, 0.25) is 0 Å². The Morgan fingerprint density at radius 3 is 2.26 bits per heavy atom. The summed E-state index contributed by atoms with van der Waals surface area (Å²) in [5.74, 6) is 0.249. The molecule has 4 heteroatoms. The van der Waals surface area contributed by atoms with Gasteiger partial charge in [-0.3, -0.25) is 0 Å². The predicted molar refractivity (Wildman–Crippen MR) is 81.4 cm³/mol. The Morgan fingerprint density at radius 2 is 1.68 bits per heavy atom. The minimum absolute atomic E-state index is 0.249. The second-order valence-electron chi connectivity index (χ2n) is 5.45. The van der Waals surface area contributed by atoms with Gasteiger partial charge in [0.1, 0.15) is 9.84 Å². The van der Waals surface area contributed by atoms with E-state index < -0.39 is 9.84 Å². The maximum absolute atomic E-state index is 11.1. The maximum Gasteiger partial charge on any atom is 0.147 e. The zero-order valence-electron chi connectivity index (χ0n) is 12.6. The van der Waals surface area contributed by atoms with Gasteiger partial charge in [0, 0.05) is 12.3 Å². The molecule has 0 aromatic heterocycles. The summed E-state index contributed by atoms with van der Waals surface area (Å²) in [5.41, 5.74) is 5.18. The Morgan fingerprint density at radius 1 is 1.11 bits per heavy atom. The van der Waals surface area contributed by atoms with Crippen molar-refractivity contribution in [2.45, 2.75) is 40.2 Å². The normalized spacial score (nSPS) is 13.5. The second-order valence-corrected chi connectivity index (χ2v) is 7.71. The highest BCUT2D eigenvalue weighted by Gasteiger charge is 2.10. The molecule has 0 aliphatic carbocycles. The van der Waals surface area contributed by atoms with Crippen molar-refractivity contribution in [2.75, 3.05) is 18.6 Å². The number of benzene rings is 1. The van der Waals surface area contributed by atoms with E-state index in [0.717, 1.165) is 6.54 Å². The van der Waals surface area contributed by atoms with Crippen LogP contribution < -0.4 is 5.32 Å². The van der Waals surface area contributed by atoms with E-state index in [4.69, 9.17) is 0 Å². The van der Waals surface area contributed by atoms with Crippen LogP contribution >= 0.6 is 0 Å². The quantitative estimate of drug-likeness (QED) is 0.817. The number of hydrogen-bond acceptors (Lipinski definition) is 3. The lowest BCUT2D eigenvalue weighted by atomic mass is 9.96. The first-order valence-electron chi connectivity index (χ1n) is 6.69. The Kier molecular flexibility index (Phi) is 5.56. The van der Waals surface area contributed by atoms with Crippen LogP contribution in [0.4, 0.5) is 0 Å². The molecule has 0 saturated heterocycles. The smallest absolute Gasteiger partial charge is 0.147 e. The molecule has 108 valence electrons. The molecule has 0 radical (unpaired) electrons. The largest absolute Gasteiger partial charge is 0.310 e. The minimum Gasteiger partial charge on any atom is -0.310 e. The summed E-state index contributed by atoms with van der Waals surface area (Å²) in [5, 5.41) is 3.39. The fourth-order valence-electron chi connectivity index (χ4n) is 2.21. The van der Waals surface area contributed by atoms with Crippen LogP contribution in [0.1, 0.15) is 41.6 Å². The summed E-state index contributed by atoms with van der Waals surface area (Å²) < 4.78 is 22.1. The number of sulfone groups is 1. The number of nitrogens with one attached hydrogen (secondary N) is 1. The molecule has 0 spiro atoms. The van der Waals surface area contributed by atoms with Gasteiger partial charge in [-0.15, -0.1) is 0 Å². The highest BCUT2D eigenvalue weighted by molar-refractivity contribution is 7.90. The summed E-state index contributed by atoms with van der Waals surface area (Å²) in [4.78, 5) is 0. The topological polar surface area (TPSA) is 46.2 Å². The molecule has 0 heterocycles. The summed E-state index contributed by atoms with van der Waals surface area (Å²) >= 11 is 0. The molecular weight excluding hydrogens is 258 g/mol. The first-order valence-corrected chi connectivity index (χ1v) is 8.75. The zero-order chi connectivity index (χ0) is 14.6. The van der Waals surface area contributed by atoms with Crippen molar-refractivity contribution in [1.82, 2.24) is 5.32 Å². The standard InChI is InChI=1S/C15H25NO2S/c1-11-9-13(3)15(10-12(11)2)14(4)16-7-6-8-19(5,17)18/h9-10,14,16H,6-8H2,1-5H3. The SMILES string of the molecule is Cc1cc(C)c(C(C)NCCCS(C)(=O)=O)cc1C. The van der Waals surface area contributed by atoms with E-state index in [2.05, 4.69) is 45.1 Å². The lowest BCUT2D eigenvalue weighted by Gasteiger charge is -2.18. The number of hydrogen-bond donors (Lipinski definition) is 1. The van der Waals surface area contributed by atoms with Crippen molar-refractivity contribution in [1.29, 1.82) is 0 Å². The van der Waals surface area contributed by atoms with Gasteiger partial charge in [0.05, 0.1) is 5.75 Å². The molecular formula is C15H25NO2S. The monoisotopic (exact) mass is 283 g/mol. The predicted octanol–water partition coefficient (Wildman–Crippen LogP) is 2.70. The van der Waals surface area contributed by atoms with Crippen LogP contribution in [-0.4, -0.2) is 27.0 Å². The Bertz CT molecular complexity index is 535. The third-order valence-electron chi connectivity index (χ3n) is 3.49. The van der Waals surface area contributed by atoms with Gasteiger partial charge >= 0.3 is 0 Å². The molecule has 3 nitrogen and oxygen atoms in total. The highest BCUT2D eigenvalue weighted by Crippen LogP contribution is 2.21. The van der Waals surface area contributed by atoms with Crippen molar-refractivity contribution in [3.05, 3.63) is 34.4 Å². The molecule has 1 unspecified atom stereocenters. The fourth-order valence-corrected chi connectivity index (χ4v) is 2.88. The van der Waals surface area contributed by atoms with Crippen LogP contribution in [0.2, 0.25) is 0 Å². The van der Waals surface area contributed by atoms with Gasteiger partial charge in [-0.2, -0.15) is 0 Å². The van der Waals surface area contributed by atoms with Gasteiger partial charge in [0.25, 0.3) is 0 Å². The molecule has 1 aromatic rings. The Labute approximate surface area is 117 Å². The van der Waals surface area contributed by atoms with E-state index in [1.807, 2.05) is 0 Å². The van der Waals surface area contributed by atoms with E-state index >= 15 is 0 Å². The van der Waals surface area contributed by atoms with Gasteiger partial charge in [-0.1, -0.05) is 12.1 Å². The van der Waals surface area contributed by atoms with Crippen molar-refractivity contribution < 1.29 is 8.42 Å². The molecule has 0 amide bonds. The van der Waals surface area contributed by atoms with Crippen LogP contribution in [0.5, 0.6) is 0 Å². The Hall–Kier alpha value is -0.870. The lowest BCUT2D eigenvalue weighted by Crippen LogP contribution is -2.22. The first-order chi connectivity index (χ1) is 8.70. The summed E-state index contributed by atoms with van der Waals surface area (Å²) in [6.45, 7) is 9.21. The van der Waals surface area contributed by atoms with Crippen LogP contribution in [0.25, 0.3) is 0 Å². The summed E-state index contributed by atoms with van der Waals surface area (Å²) in [7, 11) is -2.85. The van der Waals surface area contributed by atoms with E-state index in [9.17, 15) is 8.42 Å². The molecule has 0 bridgehead atoms. The summed E-state index contributed by atoms with van der Waals surface area (Å²) in [6.07, 6.45) is 1.94. The average Bonchev–Trinajstić information content (AvgIpc) is 2.28. The maximum atomic E-state index is 11.1. The van der Waals surface area contributed by atoms with Crippen LogP contribution in [0.15, 0.2) is 12.1 Å². The molecule has 1 rings (SSSR count). The molecule has 19 heavy (non-hydrogen) atoms. The third kappa shape index (κ3) is 5.33. The lowest BCUT2D eigenvalue weighted by molar-refractivity contribution is 0.560. The number of rotatable bonds is 6. The highest BCUT2D eigenvalue weighted by atomic mass is 32.2. The molecule has 0 aliphatic heterocycles. The van der Waals surface area contributed by atoms with Crippen LogP contribution in [0.3, 0.4) is 0 Å². The van der Waals surface area contributed by atoms with Gasteiger partial charge in [-0.05, 0) is 62.9 Å². The molecule has 1 atom stereocenters. The van der Waals surface area contributed by atoms with Crippen LogP contribution in [0, 0.1) is 20.8 Å².